The average molecular weight is 430 g/mol. The fourth-order valence-electron chi connectivity index (χ4n) is 3.92. The monoisotopic (exact) mass is 429 g/mol. The van der Waals surface area contributed by atoms with Gasteiger partial charge in [0.05, 0.1) is 17.9 Å². The van der Waals surface area contributed by atoms with Gasteiger partial charge in [0.1, 0.15) is 11.6 Å². The van der Waals surface area contributed by atoms with Gasteiger partial charge in [-0.05, 0) is 45.2 Å². The molecule has 3 rings (SSSR count). The quantitative estimate of drug-likeness (QED) is 0.730. The molecule has 8 nitrogen and oxygen atoms in total. The van der Waals surface area contributed by atoms with Crippen LogP contribution in [0.25, 0.3) is 0 Å². The molecule has 160 valence electrons. The van der Waals surface area contributed by atoms with Gasteiger partial charge in [-0.15, -0.1) is 11.3 Å². The maximum absolute atomic E-state index is 12.4. The topological polar surface area (TPSA) is 111 Å². The number of morpholine rings is 1. The Hall–Kier alpha value is -2.54. The lowest BCUT2D eigenvalue weighted by Crippen LogP contribution is -2.44. The minimum atomic E-state index is -0.389. The SMILES string of the molecule is Cc1[nH]c(=O)c(C#N)c(C)c1CCC(=O)Nc1nc(CN2C[C@@H](C)O[C@H](C)C2)cs1. The van der Waals surface area contributed by atoms with E-state index >= 15 is 0 Å². The highest BCUT2D eigenvalue weighted by atomic mass is 32.1. The van der Waals surface area contributed by atoms with Gasteiger partial charge in [0.2, 0.25) is 5.91 Å². The highest BCUT2D eigenvalue weighted by Gasteiger charge is 2.23. The summed E-state index contributed by atoms with van der Waals surface area (Å²) in [6, 6.07) is 1.94. The lowest BCUT2D eigenvalue weighted by molar-refractivity contribution is -0.116. The second kappa shape index (κ2) is 9.51. The van der Waals surface area contributed by atoms with E-state index < -0.39 is 0 Å². The van der Waals surface area contributed by atoms with Crippen molar-refractivity contribution >= 4 is 22.4 Å². The van der Waals surface area contributed by atoms with E-state index in [-0.39, 0.29) is 35.7 Å². The van der Waals surface area contributed by atoms with Crippen LogP contribution in [0, 0.1) is 25.2 Å². The van der Waals surface area contributed by atoms with E-state index in [1.165, 1.54) is 11.3 Å². The van der Waals surface area contributed by atoms with Crippen molar-refractivity contribution in [3.8, 4) is 6.07 Å². The van der Waals surface area contributed by atoms with Crippen molar-refractivity contribution in [1.82, 2.24) is 14.9 Å². The summed E-state index contributed by atoms with van der Waals surface area (Å²) in [6.45, 7) is 10.1. The van der Waals surface area contributed by atoms with Gasteiger partial charge in [0.25, 0.3) is 5.56 Å². The van der Waals surface area contributed by atoms with Gasteiger partial charge < -0.3 is 15.0 Å². The first kappa shape index (κ1) is 22.2. The van der Waals surface area contributed by atoms with Crippen LogP contribution in [-0.4, -0.2) is 46.1 Å². The molecule has 1 aliphatic heterocycles. The maximum atomic E-state index is 12.4. The van der Waals surface area contributed by atoms with E-state index in [9.17, 15) is 9.59 Å². The van der Waals surface area contributed by atoms with Crippen molar-refractivity contribution in [2.24, 2.45) is 0 Å². The van der Waals surface area contributed by atoms with Crippen LogP contribution in [0.2, 0.25) is 0 Å². The van der Waals surface area contributed by atoms with Crippen LogP contribution >= 0.6 is 11.3 Å². The number of aromatic amines is 1. The second-order valence-corrected chi connectivity index (χ2v) is 8.67. The number of amides is 1. The summed E-state index contributed by atoms with van der Waals surface area (Å²) in [6.07, 6.45) is 1.09. The third-order valence-electron chi connectivity index (χ3n) is 5.20. The molecule has 1 amide bonds. The van der Waals surface area contributed by atoms with Gasteiger partial charge in [-0.3, -0.25) is 14.5 Å². The molecule has 1 fully saturated rings. The van der Waals surface area contributed by atoms with Crippen molar-refractivity contribution < 1.29 is 9.53 Å². The number of hydrogen-bond acceptors (Lipinski definition) is 7. The Morgan fingerprint density at radius 3 is 2.77 bits per heavy atom. The number of aryl methyl sites for hydroxylation is 1. The zero-order chi connectivity index (χ0) is 21.8. The summed E-state index contributed by atoms with van der Waals surface area (Å²) in [4.78, 5) is 33.8. The molecule has 2 aromatic rings. The normalized spacial score (nSPS) is 19.4. The molecule has 9 heteroatoms. The van der Waals surface area contributed by atoms with Crippen LogP contribution in [0.3, 0.4) is 0 Å². The van der Waals surface area contributed by atoms with Crippen molar-refractivity contribution in [2.75, 3.05) is 18.4 Å². The number of aromatic nitrogens is 2. The number of nitriles is 1. The molecule has 2 N–H and O–H groups in total. The van der Waals surface area contributed by atoms with Crippen molar-refractivity contribution in [3.63, 3.8) is 0 Å². The molecule has 3 heterocycles. The van der Waals surface area contributed by atoms with Crippen molar-refractivity contribution in [2.45, 2.75) is 59.3 Å². The molecule has 0 aromatic carbocycles. The van der Waals surface area contributed by atoms with Gasteiger partial charge >= 0.3 is 0 Å². The van der Waals surface area contributed by atoms with Crippen LogP contribution in [0.15, 0.2) is 10.2 Å². The fourth-order valence-corrected chi connectivity index (χ4v) is 4.64. The number of pyridine rings is 1. The summed E-state index contributed by atoms with van der Waals surface area (Å²) in [7, 11) is 0. The van der Waals surface area contributed by atoms with Gasteiger partial charge in [-0.1, -0.05) is 0 Å². The standard InChI is InChI=1S/C21H27N5O3S/c1-12-8-26(9-13(2)29-12)10-16-11-30-21(24-16)25-19(27)6-5-17-14(3)18(7-22)20(28)23-15(17)4/h11-13H,5-6,8-10H2,1-4H3,(H,23,28)(H,24,25,27)/t12-,13-/m1/s1. The zero-order valence-electron chi connectivity index (χ0n) is 17.7. The molecule has 2 atom stereocenters. The van der Waals surface area contributed by atoms with Gasteiger partial charge in [0.15, 0.2) is 5.13 Å². The van der Waals surface area contributed by atoms with Crippen LogP contribution in [-0.2, 0) is 22.5 Å². The predicted octanol–water partition coefficient (Wildman–Crippen LogP) is 2.50. The number of ether oxygens (including phenoxy) is 1. The molecule has 0 unspecified atom stereocenters. The number of H-pyrrole nitrogens is 1. The molecule has 2 aromatic heterocycles. The lowest BCUT2D eigenvalue weighted by atomic mass is 9.99. The summed E-state index contributed by atoms with van der Waals surface area (Å²) in [5, 5.41) is 14.6. The van der Waals surface area contributed by atoms with Crippen LogP contribution < -0.4 is 10.9 Å². The molecule has 0 radical (unpaired) electrons. The first-order valence-corrected chi connectivity index (χ1v) is 10.9. The van der Waals surface area contributed by atoms with Crippen LogP contribution in [0.4, 0.5) is 5.13 Å². The molecular formula is C21H27N5O3S. The maximum Gasteiger partial charge on any atom is 0.266 e. The summed E-state index contributed by atoms with van der Waals surface area (Å²) >= 11 is 1.41. The van der Waals surface area contributed by atoms with Gasteiger partial charge in [-0.2, -0.15) is 5.26 Å². The highest BCUT2D eigenvalue weighted by molar-refractivity contribution is 7.13. The Balaban J connectivity index is 1.57. The van der Waals surface area contributed by atoms with Crippen LogP contribution in [0.1, 0.15) is 48.3 Å². The third-order valence-corrected chi connectivity index (χ3v) is 6.01. The number of carbonyl (C=O) groups excluding carboxylic acids is 1. The van der Waals surface area contributed by atoms with E-state index in [0.717, 1.165) is 30.9 Å². The summed E-state index contributed by atoms with van der Waals surface area (Å²) in [5.41, 5.74) is 2.80. The van der Waals surface area contributed by atoms with Gasteiger partial charge in [0, 0.05) is 37.1 Å². The van der Waals surface area contributed by atoms with Crippen molar-refractivity contribution in [3.05, 3.63) is 43.8 Å². The summed E-state index contributed by atoms with van der Waals surface area (Å²) < 4.78 is 5.76. The number of nitrogens with one attached hydrogen (secondary N) is 2. The molecule has 0 bridgehead atoms. The smallest absolute Gasteiger partial charge is 0.266 e. The second-order valence-electron chi connectivity index (χ2n) is 7.81. The number of anilines is 1. The Morgan fingerprint density at radius 1 is 1.40 bits per heavy atom. The third kappa shape index (κ3) is 5.33. The fraction of sp³-hybridized carbons (Fsp3) is 0.524. The van der Waals surface area contributed by atoms with E-state index in [2.05, 4.69) is 34.0 Å². The number of thiazole rings is 1. The first-order valence-electron chi connectivity index (χ1n) is 10.0. The van der Waals surface area contributed by atoms with E-state index in [0.29, 0.717) is 22.8 Å². The number of nitrogens with zero attached hydrogens (tertiary/aromatic N) is 3. The number of rotatable bonds is 6. The van der Waals surface area contributed by atoms with Crippen LogP contribution in [0.5, 0.6) is 0 Å². The molecule has 1 aliphatic rings. The molecule has 0 spiro atoms. The van der Waals surface area contributed by atoms with E-state index in [1.807, 2.05) is 11.4 Å². The molecule has 0 aliphatic carbocycles. The predicted molar refractivity (Wildman–Crippen MR) is 116 cm³/mol. The number of hydrogen-bond donors (Lipinski definition) is 2. The zero-order valence-corrected chi connectivity index (χ0v) is 18.6. The average Bonchev–Trinajstić information content (AvgIpc) is 3.07. The Morgan fingerprint density at radius 2 is 2.10 bits per heavy atom. The Bertz CT molecular complexity index is 1010. The van der Waals surface area contributed by atoms with Gasteiger partial charge in [-0.25, -0.2) is 4.98 Å². The van der Waals surface area contributed by atoms with Crippen molar-refractivity contribution in [1.29, 1.82) is 5.26 Å². The highest BCUT2D eigenvalue weighted by Crippen LogP contribution is 2.20. The Kier molecular flexibility index (Phi) is 7.02. The Labute approximate surface area is 179 Å². The molecular weight excluding hydrogens is 402 g/mol. The molecule has 1 saturated heterocycles. The molecule has 0 saturated carbocycles. The minimum Gasteiger partial charge on any atom is -0.373 e. The summed E-state index contributed by atoms with van der Waals surface area (Å²) in [5.74, 6) is -0.145. The number of carbonyl (C=O) groups is 1. The molecule has 30 heavy (non-hydrogen) atoms. The minimum absolute atomic E-state index is 0.104. The van der Waals surface area contributed by atoms with E-state index in [4.69, 9.17) is 10.00 Å². The largest absolute Gasteiger partial charge is 0.373 e. The van der Waals surface area contributed by atoms with E-state index in [1.54, 1.807) is 13.8 Å². The lowest BCUT2D eigenvalue weighted by Gasteiger charge is -2.34. The first-order chi connectivity index (χ1) is 14.3.